The lowest BCUT2D eigenvalue weighted by Gasteiger charge is -2.23. The maximum absolute atomic E-state index is 7.05. The Morgan fingerprint density at radius 2 is 2.25 bits per heavy atom. The molecule has 0 saturated heterocycles. The molecule has 1 rings (SSSR count). The normalized spacial score (nSPS) is 19.6. The van der Waals surface area contributed by atoms with Crippen LogP contribution in [0.4, 0.5) is 0 Å². The van der Waals surface area contributed by atoms with E-state index >= 15 is 0 Å². The van der Waals surface area contributed by atoms with Crippen LogP contribution >= 0.6 is 0 Å². The van der Waals surface area contributed by atoms with Gasteiger partial charge in [0, 0.05) is 5.92 Å². The molecule has 0 aromatic heterocycles. The van der Waals surface area contributed by atoms with Crippen molar-refractivity contribution in [3.63, 3.8) is 0 Å². The summed E-state index contributed by atoms with van der Waals surface area (Å²) in [5, 5.41) is 7.05. The lowest BCUT2D eigenvalue weighted by molar-refractivity contribution is 0.255. The SMILES string of the molecule is N=C(ON)C1CCC1. The van der Waals surface area contributed by atoms with Crippen LogP contribution in [0.25, 0.3) is 0 Å². The van der Waals surface area contributed by atoms with Crippen molar-refractivity contribution in [2.24, 2.45) is 11.8 Å². The average molecular weight is 114 g/mol. The van der Waals surface area contributed by atoms with E-state index in [2.05, 4.69) is 4.84 Å². The van der Waals surface area contributed by atoms with E-state index in [-0.39, 0.29) is 5.90 Å². The molecule has 1 fully saturated rings. The lowest BCUT2D eigenvalue weighted by atomic mass is 9.85. The third-order valence-electron chi connectivity index (χ3n) is 1.60. The molecule has 3 nitrogen and oxygen atoms in total. The number of hydrogen-bond donors (Lipinski definition) is 2. The van der Waals surface area contributed by atoms with Crippen LogP contribution in [0, 0.1) is 11.3 Å². The molecular formula is C5H10N2O. The molecule has 0 atom stereocenters. The molecule has 1 aliphatic carbocycles. The van der Waals surface area contributed by atoms with Gasteiger partial charge in [-0.25, -0.2) is 0 Å². The third-order valence-corrected chi connectivity index (χ3v) is 1.60. The fourth-order valence-corrected chi connectivity index (χ4v) is 0.767. The zero-order valence-corrected chi connectivity index (χ0v) is 4.68. The van der Waals surface area contributed by atoms with Crippen molar-refractivity contribution in [2.45, 2.75) is 19.3 Å². The number of nitrogens with two attached hydrogens (primary N) is 1. The van der Waals surface area contributed by atoms with Crippen LogP contribution in [0.5, 0.6) is 0 Å². The largest absolute Gasteiger partial charge is 0.396 e. The standard InChI is InChI=1S/C5H10N2O/c6-5(8-7)4-2-1-3-4/h4,6H,1-3,7H2. The molecule has 0 radical (unpaired) electrons. The highest BCUT2D eigenvalue weighted by molar-refractivity contribution is 5.75. The molecule has 0 amide bonds. The predicted octanol–water partition coefficient (Wildman–Crippen LogP) is 0.654. The minimum absolute atomic E-state index is 0.247. The van der Waals surface area contributed by atoms with E-state index in [1.54, 1.807) is 0 Å². The number of hydrogen-bond acceptors (Lipinski definition) is 3. The van der Waals surface area contributed by atoms with E-state index in [0.717, 1.165) is 12.8 Å². The van der Waals surface area contributed by atoms with E-state index in [0.29, 0.717) is 5.92 Å². The third kappa shape index (κ3) is 0.816. The summed E-state index contributed by atoms with van der Waals surface area (Å²) in [7, 11) is 0. The molecule has 0 aromatic rings. The highest BCUT2D eigenvalue weighted by Crippen LogP contribution is 2.26. The van der Waals surface area contributed by atoms with Gasteiger partial charge in [0.1, 0.15) is 0 Å². The van der Waals surface area contributed by atoms with Crippen molar-refractivity contribution in [1.82, 2.24) is 0 Å². The van der Waals surface area contributed by atoms with E-state index in [1.165, 1.54) is 6.42 Å². The molecule has 0 spiro atoms. The van der Waals surface area contributed by atoms with Crippen LogP contribution in [-0.2, 0) is 4.84 Å². The van der Waals surface area contributed by atoms with Gasteiger partial charge in [-0.05, 0) is 12.8 Å². The summed E-state index contributed by atoms with van der Waals surface area (Å²) in [6.45, 7) is 0. The topological polar surface area (TPSA) is 59.1 Å². The van der Waals surface area contributed by atoms with Crippen LogP contribution in [0.15, 0.2) is 0 Å². The molecule has 0 aliphatic heterocycles. The Morgan fingerprint density at radius 1 is 1.62 bits per heavy atom. The Labute approximate surface area is 48.3 Å². The van der Waals surface area contributed by atoms with Gasteiger partial charge >= 0.3 is 0 Å². The lowest BCUT2D eigenvalue weighted by Crippen LogP contribution is -2.25. The van der Waals surface area contributed by atoms with Gasteiger partial charge in [-0.2, -0.15) is 5.90 Å². The molecule has 3 N–H and O–H groups in total. The van der Waals surface area contributed by atoms with Gasteiger partial charge in [-0.3, -0.25) is 5.41 Å². The van der Waals surface area contributed by atoms with Crippen molar-refractivity contribution >= 4 is 5.90 Å². The molecule has 46 valence electrons. The van der Waals surface area contributed by atoms with Crippen LogP contribution < -0.4 is 5.90 Å². The second-order valence-electron chi connectivity index (χ2n) is 2.11. The maximum atomic E-state index is 7.05. The Bertz CT molecular complexity index is 98.6. The first-order valence-corrected chi connectivity index (χ1v) is 2.79. The van der Waals surface area contributed by atoms with E-state index in [9.17, 15) is 0 Å². The van der Waals surface area contributed by atoms with E-state index in [1.807, 2.05) is 0 Å². The van der Waals surface area contributed by atoms with E-state index < -0.39 is 0 Å². The zero-order valence-electron chi connectivity index (χ0n) is 4.68. The Balaban J connectivity index is 2.24. The summed E-state index contributed by atoms with van der Waals surface area (Å²) in [6.07, 6.45) is 3.38. The fraction of sp³-hybridized carbons (Fsp3) is 0.800. The number of rotatable bonds is 1. The molecule has 3 heteroatoms. The first-order valence-electron chi connectivity index (χ1n) is 2.79. The molecule has 0 heterocycles. The van der Waals surface area contributed by atoms with Crippen LogP contribution in [0.3, 0.4) is 0 Å². The summed E-state index contributed by atoms with van der Waals surface area (Å²) in [6, 6.07) is 0. The molecular weight excluding hydrogens is 104 g/mol. The molecule has 8 heavy (non-hydrogen) atoms. The van der Waals surface area contributed by atoms with Crippen molar-refractivity contribution < 1.29 is 4.84 Å². The number of nitrogens with one attached hydrogen (secondary N) is 1. The quantitative estimate of drug-likeness (QED) is 0.299. The minimum atomic E-state index is 0.247. The van der Waals surface area contributed by atoms with Crippen LogP contribution in [0.1, 0.15) is 19.3 Å². The summed E-state index contributed by atoms with van der Waals surface area (Å²) in [5.41, 5.74) is 0. The first-order chi connectivity index (χ1) is 3.84. The van der Waals surface area contributed by atoms with Crippen LogP contribution in [0.2, 0.25) is 0 Å². The molecule has 1 aliphatic rings. The molecule has 0 bridgehead atoms. The van der Waals surface area contributed by atoms with Gasteiger partial charge in [-0.15, -0.1) is 0 Å². The van der Waals surface area contributed by atoms with Gasteiger partial charge in [0.15, 0.2) is 0 Å². The van der Waals surface area contributed by atoms with Crippen molar-refractivity contribution in [3.05, 3.63) is 0 Å². The highest BCUT2D eigenvalue weighted by atomic mass is 16.6. The zero-order chi connectivity index (χ0) is 5.98. The Morgan fingerprint density at radius 3 is 2.38 bits per heavy atom. The second-order valence-corrected chi connectivity index (χ2v) is 2.11. The van der Waals surface area contributed by atoms with Crippen molar-refractivity contribution in [2.75, 3.05) is 0 Å². The highest BCUT2D eigenvalue weighted by Gasteiger charge is 2.22. The molecule has 0 aromatic carbocycles. The smallest absolute Gasteiger partial charge is 0.209 e. The maximum Gasteiger partial charge on any atom is 0.209 e. The summed E-state index contributed by atoms with van der Waals surface area (Å²) in [5.74, 6) is 5.34. The summed E-state index contributed by atoms with van der Waals surface area (Å²) >= 11 is 0. The molecule has 1 saturated carbocycles. The fourth-order valence-electron chi connectivity index (χ4n) is 0.767. The monoisotopic (exact) mass is 114 g/mol. The molecule has 0 unspecified atom stereocenters. The van der Waals surface area contributed by atoms with Gasteiger partial charge in [0.05, 0.1) is 0 Å². The van der Waals surface area contributed by atoms with E-state index in [4.69, 9.17) is 11.3 Å². The van der Waals surface area contributed by atoms with Crippen LogP contribution in [-0.4, -0.2) is 5.90 Å². The predicted molar refractivity (Wildman–Crippen MR) is 30.3 cm³/mol. The van der Waals surface area contributed by atoms with Gasteiger partial charge in [0.2, 0.25) is 5.90 Å². The van der Waals surface area contributed by atoms with Gasteiger partial charge in [-0.1, -0.05) is 6.42 Å². The second kappa shape index (κ2) is 2.13. The Kier molecular flexibility index (Phi) is 1.48. The average Bonchev–Trinajstić information content (AvgIpc) is 1.62. The summed E-state index contributed by atoms with van der Waals surface area (Å²) < 4.78 is 0. The Hall–Kier alpha value is -0.570. The van der Waals surface area contributed by atoms with Crippen molar-refractivity contribution in [3.8, 4) is 0 Å². The van der Waals surface area contributed by atoms with Crippen molar-refractivity contribution in [1.29, 1.82) is 5.41 Å². The minimum Gasteiger partial charge on any atom is -0.396 e. The summed E-state index contributed by atoms with van der Waals surface area (Å²) in [4.78, 5) is 4.24. The first kappa shape index (κ1) is 5.56. The van der Waals surface area contributed by atoms with Gasteiger partial charge < -0.3 is 4.84 Å². The van der Waals surface area contributed by atoms with Gasteiger partial charge in [0.25, 0.3) is 0 Å².